The number of carbonyl (C=O) groups excluding carboxylic acids is 1. The number of hydrogen-bond donors (Lipinski definition) is 1. The number of sulfonamides is 1. The van der Waals surface area contributed by atoms with Crippen LogP contribution in [0.3, 0.4) is 0 Å². The van der Waals surface area contributed by atoms with E-state index in [-0.39, 0.29) is 37.7 Å². The first-order valence-corrected chi connectivity index (χ1v) is 10.0. The topological polar surface area (TPSA) is 113 Å². The van der Waals surface area contributed by atoms with Gasteiger partial charge in [0.05, 0.1) is 11.9 Å². The Balaban J connectivity index is 1.98. The van der Waals surface area contributed by atoms with Crippen LogP contribution >= 0.6 is 0 Å². The smallest absolute Gasteiger partial charge is 0.347 e. The summed E-state index contributed by atoms with van der Waals surface area (Å²) in [6, 6.07) is 1.77. The van der Waals surface area contributed by atoms with Gasteiger partial charge in [0.2, 0.25) is 15.9 Å². The molecule has 0 aliphatic carbocycles. The number of carbonyl (C=O) groups is 1. The molecule has 2 heterocycles. The van der Waals surface area contributed by atoms with E-state index in [0.717, 1.165) is 10.00 Å². The Labute approximate surface area is 153 Å². The van der Waals surface area contributed by atoms with E-state index in [4.69, 9.17) is 0 Å². The molecule has 1 aromatic heterocycles. The maximum atomic E-state index is 12.4. The van der Waals surface area contributed by atoms with E-state index in [9.17, 15) is 23.1 Å². The van der Waals surface area contributed by atoms with Crippen molar-refractivity contribution >= 4 is 15.9 Å². The van der Waals surface area contributed by atoms with E-state index in [1.54, 1.807) is 19.9 Å². The van der Waals surface area contributed by atoms with E-state index >= 15 is 0 Å². The summed E-state index contributed by atoms with van der Waals surface area (Å²) in [6.07, 6.45) is -0.787. The fourth-order valence-electron chi connectivity index (χ4n) is 3.05. The van der Waals surface area contributed by atoms with Gasteiger partial charge >= 0.3 is 5.69 Å². The molecule has 1 aliphatic heterocycles. The zero-order valence-electron chi connectivity index (χ0n) is 15.5. The SMILES string of the molecule is Cc1cc(C)n(CCC(=O)N2C[C@@H](CS(=O)(=O)N(C)C)[C@@H](O)C2)c(=O)n1. The molecule has 1 aliphatic rings. The third-order valence-corrected chi connectivity index (χ3v) is 6.60. The predicted octanol–water partition coefficient (Wildman–Crippen LogP) is -1.04. The summed E-state index contributed by atoms with van der Waals surface area (Å²) < 4.78 is 26.5. The summed E-state index contributed by atoms with van der Waals surface area (Å²) in [5.41, 5.74) is 0.959. The van der Waals surface area contributed by atoms with Gasteiger partial charge in [-0.05, 0) is 19.9 Å². The minimum atomic E-state index is -3.45. The molecule has 0 unspecified atom stereocenters. The molecule has 26 heavy (non-hydrogen) atoms. The van der Waals surface area contributed by atoms with Gasteiger partial charge in [0.1, 0.15) is 0 Å². The number of aromatic nitrogens is 2. The predicted molar refractivity (Wildman–Crippen MR) is 96.1 cm³/mol. The van der Waals surface area contributed by atoms with Gasteiger partial charge in [0.15, 0.2) is 0 Å². The highest BCUT2D eigenvalue weighted by atomic mass is 32.2. The number of aryl methyl sites for hydroxylation is 2. The molecule has 0 radical (unpaired) electrons. The van der Waals surface area contributed by atoms with Crippen LogP contribution in [-0.4, -0.2) is 77.2 Å². The van der Waals surface area contributed by atoms with E-state index in [0.29, 0.717) is 5.69 Å². The molecular weight excluding hydrogens is 360 g/mol. The van der Waals surface area contributed by atoms with Crippen LogP contribution in [0.2, 0.25) is 0 Å². The van der Waals surface area contributed by atoms with Crippen LogP contribution in [0.4, 0.5) is 0 Å². The second kappa shape index (κ2) is 7.85. The van der Waals surface area contributed by atoms with Crippen molar-refractivity contribution in [3.05, 3.63) is 27.9 Å². The van der Waals surface area contributed by atoms with Crippen molar-refractivity contribution in [2.45, 2.75) is 32.9 Å². The lowest BCUT2D eigenvalue weighted by molar-refractivity contribution is -0.130. The van der Waals surface area contributed by atoms with Gasteiger partial charge in [-0.15, -0.1) is 0 Å². The average Bonchev–Trinajstić information content (AvgIpc) is 2.86. The second-order valence-corrected chi connectivity index (χ2v) is 9.14. The van der Waals surface area contributed by atoms with Crippen molar-refractivity contribution < 1.29 is 18.3 Å². The van der Waals surface area contributed by atoms with Crippen molar-refractivity contribution in [3.63, 3.8) is 0 Å². The summed E-state index contributed by atoms with van der Waals surface area (Å²) in [7, 11) is -0.573. The third-order valence-electron chi connectivity index (χ3n) is 4.64. The van der Waals surface area contributed by atoms with E-state index < -0.39 is 27.7 Å². The monoisotopic (exact) mass is 386 g/mol. The van der Waals surface area contributed by atoms with Gasteiger partial charge in [0.25, 0.3) is 0 Å². The average molecular weight is 386 g/mol. The van der Waals surface area contributed by atoms with E-state index in [1.165, 1.54) is 23.6 Å². The number of rotatable bonds is 6. The van der Waals surface area contributed by atoms with Gasteiger partial charge in [-0.3, -0.25) is 9.36 Å². The van der Waals surface area contributed by atoms with E-state index in [1.807, 2.05) is 0 Å². The van der Waals surface area contributed by atoms with Crippen LogP contribution in [0, 0.1) is 19.8 Å². The molecule has 1 saturated heterocycles. The van der Waals surface area contributed by atoms with Gasteiger partial charge in [-0.2, -0.15) is 4.98 Å². The molecule has 2 atom stereocenters. The maximum Gasteiger partial charge on any atom is 0.347 e. The molecule has 0 spiro atoms. The Morgan fingerprint density at radius 3 is 2.58 bits per heavy atom. The summed E-state index contributed by atoms with van der Waals surface area (Å²) in [5.74, 6) is -0.941. The zero-order valence-corrected chi connectivity index (χ0v) is 16.4. The van der Waals surface area contributed by atoms with Crippen molar-refractivity contribution in [3.8, 4) is 0 Å². The Bertz CT molecular complexity index is 834. The lowest BCUT2D eigenvalue weighted by atomic mass is 10.1. The molecular formula is C16H26N4O5S. The first-order chi connectivity index (χ1) is 12.0. The van der Waals surface area contributed by atoms with Crippen LogP contribution in [0.1, 0.15) is 17.8 Å². The Morgan fingerprint density at radius 1 is 1.35 bits per heavy atom. The number of aliphatic hydroxyl groups is 1. The van der Waals surface area contributed by atoms with Crippen molar-refractivity contribution in [1.82, 2.24) is 18.8 Å². The molecule has 2 rings (SSSR count). The number of likely N-dealkylation sites (tertiary alicyclic amines) is 1. The Morgan fingerprint density at radius 2 is 2.00 bits per heavy atom. The molecule has 10 heteroatoms. The summed E-state index contributed by atoms with van der Waals surface area (Å²) in [4.78, 5) is 29.7. The molecule has 146 valence electrons. The molecule has 1 aromatic rings. The lowest BCUT2D eigenvalue weighted by Crippen LogP contribution is -2.34. The summed E-state index contributed by atoms with van der Waals surface area (Å²) in [6.45, 7) is 4.00. The molecule has 0 bridgehead atoms. The van der Waals surface area contributed by atoms with Gasteiger partial charge in [-0.1, -0.05) is 0 Å². The molecule has 0 aromatic carbocycles. The summed E-state index contributed by atoms with van der Waals surface area (Å²) in [5, 5.41) is 10.1. The minimum Gasteiger partial charge on any atom is -0.391 e. The quantitative estimate of drug-likeness (QED) is 0.668. The zero-order chi connectivity index (χ0) is 19.6. The van der Waals surface area contributed by atoms with Crippen LogP contribution in [0.5, 0.6) is 0 Å². The van der Waals surface area contributed by atoms with Crippen LogP contribution < -0.4 is 5.69 Å². The van der Waals surface area contributed by atoms with Gasteiger partial charge in [0, 0.05) is 57.5 Å². The largest absolute Gasteiger partial charge is 0.391 e. The molecule has 1 fully saturated rings. The highest BCUT2D eigenvalue weighted by Gasteiger charge is 2.37. The molecule has 1 N–H and O–H groups in total. The normalized spacial score (nSPS) is 20.8. The minimum absolute atomic E-state index is 0.0886. The van der Waals surface area contributed by atoms with Crippen molar-refractivity contribution in [1.29, 1.82) is 0 Å². The molecule has 9 nitrogen and oxygen atoms in total. The third kappa shape index (κ3) is 4.68. The highest BCUT2D eigenvalue weighted by Crippen LogP contribution is 2.20. The fraction of sp³-hybridized carbons (Fsp3) is 0.688. The Hall–Kier alpha value is -1.78. The van der Waals surface area contributed by atoms with Gasteiger partial charge < -0.3 is 10.0 Å². The number of hydrogen-bond acceptors (Lipinski definition) is 6. The first kappa shape index (κ1) is 20.5. The first-order valence-electron chi connectivity index (χ1n) is 8.42. The van der Waals surface area contributed by atoms with Gasteiger partial charge in [-0.25, -0.2) is 17.5 Å². The van der Waals surface area contributed by atoms with Crippen molar-refractivity contribution in [2.24, 2.45) is 5.92 Å². The highest BCUT2D eigenvalue weighted by molar-refractivity contribution is 7.89. The number of amides is 1. The standard InChI is InChI=1S/C16H26N4O5S/c1-11-7-12(2)20(16(23)17-11)6-5-15(22)19-8-13(14(21)9-19)10-26(24,25)18(3)4/h7,13-14,21H,5-6,8-10H2,1-4H3/t13-,14-/m0/s1. The number of nitrogens with zero attached hydrogens (tertiary/aromatic N) is 4. The fourth-order valence-corrected chi connectivity index (χ4v) is 4.22. The van der Waals surface area contributed by atoms with Crippen molar-refractivity contribution in [2.75, 3.05) is 32.9 Å². The summed E-state index contributed by atoms with van der Waals surface area (Å²) >= 11 is 0. The van der Waals surface area contributed by atoms with Crippen LogP contribution in [0.15, 0.2) is 10.9 Å². The number of aliphatic hydroxyl groups excluding tert-OH is 1. The lowest BCUT2D eigenvalue weighted by Gasteiger charge is -2.18. The second-order valence-electron chi connectivity index (χ2n) is 6.91. The molecule has 1 amide bonds. The Kier molecular flexibility index (Phi) is 6.20. The maximum absolute atomic E-state index is 12.4. The van der Waals surface area contributed by atoms with Crippen LogP contribution in [-0.2, 0) is 21.4 Å². The van der Waals surface area contributed by atoms with E-state index in [2.05, 4.69) is 4.98 Å². The van der Waals surface area contributed by atoms with Crippen LogP contribution in [0.25, 0.3) is 0 Å². The number of β-amino-alcohol motifs (C(OH)–C–C–N with tert-alkyl or cyclic N) is 1. The molecule has 0 saturated carbocycles.